The molecule has 1 aliphatic rings. The number of carbonyl (C=O) groups is 1. The Labute approximate surface area is 178 Å². The van der Waals surface area contributed by atoms with Crippen LogP contribution in [0.3, 0.4) is 0 Å². The van der Waals surface area contributed by atoms with Gasteiger partial charge in [0.2, 0.25) is 5.91 Å². The van der Waals surface area contributed by atoms with Crippen LogP contribution in [0.25, 0.3) is 21.6 Å². The van der Waals surface area contributed by atoms with Crippen LogP contribution in [0.5, 0.6) is 0 Å². The monoisotopic (exact) mass is 447 g/mol. The van der Waals surface area contributed by atoms with Crippen molar-refractivity contribution in [1.29, 1.82) is 0 Å². The molecule has 1 fully saturated rings. The topological polar surface area (TPSA) is 80.2 Å². The minimum Gasteiger partial charge on any atom is -0.338 e. The number of fused-ring (bicyclic) bond motifs is 1. The highest BCUT2D eigenvalue weighted by Gasteiger charge is 2.33. The largest absolute Gasteiger partial charge is 0.338 e. The predicted molar refractivity (Wildman–Crippen MR) is 118 cm³/mol. The number of sulfone groups is 1. The second-order valence-corrected chi connectivity index (χ2v) is 11.0. The predicted octanol–water partition coefficient (Wildman–Crippen LogP) is 3.49. The molecule has 0 saturated carbocycles. The fourth-order valence-corrected chi connectivity index (χ4v) is 6.84. The lowest BCUT2D eigenvalue weighted by Crippen LogP contribution is -2.41. The molecular weight excluding hydrogens is 426 g/mol. The van der Waals surface area contributed by atoms with E-state index < -0.39 is 9.84 Å². The molecule has 1 aromatic carbocycles. The van der Waals surface area contributed by atoms with Crippen LogP contribution < -0.4 is 0 Å². The molecule has 1 amide bonds. The van der Waals surface area contributed by atoms with Gasteiger partial charge in [0.1, 0.15) is 5.03 Å². The van der Waals surface area contributed by atoms with E-state index >= 15 is 0 Å². The molecule has 3 aromatic rings. The van der Waals surface area contributed by atoms with Crippen molar-refractivity contribution in [2.45, 2.75) is 24.4 Å². The fourth-order valence-electron chi connectivity index (χ4n) is 3.55. The molecule has 9 heteroatoms. The zero-order chi connectivity index (χ0) is 20.4. The van der Waals surface area contributed by atoms with Gasteiger partial charge in [-0.2, -0.15) is 0 Å². The molecule has 3 heterocycles. The lowest BCUT2D eigenvalue weighted by Gasteiger charge is -2.26. The lowest BCUT2D eigenvalue weighted by atomic mass is 10.2. The van der Waals surface area contributed by atoms with E-state index in [2.05, 4.69) is 4.98 Å². The Balaban J connectivity index is 1.56. The van der Waals surface area contributed by atoms with Crippen LogP contribution in [-0.4, -0.2) is 59.0 Å². The van der Waals surface area contributed by atoms with E-state index in [-0.39, 0.29) is 29.2 Å². The molecule has 29 heavy (non-hydrogen) atoms. The Morgan fingerprint density at radius 2 is 2.07 bits per heavy atom. The molecule has 4 rings (SSSR count). The van der Waals surface area contributed by atoms with Gasteiger partial charge in [0.25, 0.3) is 0 Å². The average molecular weight is 448 g/mol. The molecule has 1 saturated heterocycles. The summed E-state index contributed by atoms with van der Waals surface area (Å²) in [6.45, 7) is 2.40. The van der Waals surface area contributed by atoms with Gasteiger partial charge in [-0.1, -0.05) is 36.0 Å². The number of aromatic nitrogens is 2. The van der Waals surface area contributed by atoms with Gasteiger partial charge in [0.15, 0.2) is 15.7 Å². The Bertz CT molecular complexity index is 1130. The van der Waals surface area contributed by atoms with Gasteiger partial charge in [0.05, 0.1) is 27.7 Å². The van der Waals surface area contributed by atoms with Gasteiger partial charge in [-0.15, -0.1) is 11.3 Å². The normalized spacial score (nSPS) is 18.2. The number of carbonyl (C=O) groups excluding carboxylic acids is 1. The Hall–Kier alpha value is -1.97. The maximum absolute atomic E-state index is 12.9. The quantitative estimate of drug-likeness (QED) is 0.425. The molecule has 152 valence electrons. The maximum atomic E-state index is 12.9. The van der Waals surface area contributed by atoms with Gasteiger partial charge >= 0.3 is 0 Å². The summed E-state index contributed by atoms with van der Waals surface area (Å²) in [5.41, 5.74) is 0.843. The molecule has 0 unspecified atom stereocenters. The molecule has 2 aromatic heterocycles. The first-order valence-electron chi connectivity index (χ1n) is 9.40. The number of amides is 1. The Morgan fingerprint density at radius 3 is 2.76 bits per heavy atom. The van der Waals surface area contributed by atoms with Gasteiger partial charge in [-0.05, 0) is 30.9 Å². The number of hydrogen-bond acceptors (Lipinski definition) is 7. The van der Waals surface area contributed by atoms with Crippen LogP contribution in [0.4, 0.5) is 0 Å². The Kier molecular flexibility index (Phi) is 5.89. The second kappa shape index (κ2) is 8.41. The van der Waals surface area contributed by atoms with Crippen molar-refractivity contribution in [2.24, 2.45) is 0 Å². The van der Waals surface area contributed by atoms with E-state index in [1.165, 1.54) is 11.8 Å². The molecule has 1 atom stereocenters. The highest BCUT2D eigenvalue weighted by atomic mass is 32.2. The van der Waals surface area contributed by atoms with Crippen LogP contribution in [0, 0.1) is 0 Å². The summed E-state index contributed by atoms with van der Waals surface area (Å²) in [5, 5.41) is 3.67. The standard InChI is InChI=1S/C20H21N3O3S3/c1-2-23(14-9-11-29(25,26)13-14)18(24)12-28-20-15-6-3-4-7-16(15)21-19(22-20)17-8-5-10-27-17/h3-8,10,14H,2,9,11-13H2,1H3/t14-/m1/s1. The number of thiophene rings is 1. The molecule has 0 aliphatic carbocycles. The highest BCUT2D eigenvalue weighted by Crippen LogP contribution is 2.30. The van der Waals surface area contributed by atoms with Crippen molar-refractivity contribution < 1.29 is 13.2 Å². The lowest BCUT2D eigenvalue weighted by molar-refractivity contribution is -0.129. The third kappa shape index (κ3) is 4.46. The Morgan fingerprint density at radius 1 is 1.24 bits per heavy atom. The molecular formula is C20H21N3O3S3. The van der Waals surface area contributed by atoms with Crippen LogP contribution in [-0.2, 0) is 14.6 Å². The number of rotatable bonds is 6. The van der Waals surface area contributed by atoms with Gasteiger partial charge in [0, 0.05) is 18.0 Å². The van der Waals surface area contributed by atoms with Crippen LogP contribution in [0.15, 0.2) is 46.8 Å². The maximum Gasteiger partial charge on any atom is 0.233 e. The van der Waals surface area contributed by atoms with Gasteiger partial charge < -0.3 is 4.90 Å². The first-order chi connectivity index (χ1) is 14.0. The first-order valence-corrected chi connectivity index (χ1v) is 13.1. The average Bonchev–Trinajstić information content (AvgIpc) is 3.36. The molecule has 0 bridgehead atoms. The molecule has 0 N–H and O–H groups in total. The van der Waals surface area contributed by atoms with E-state index in [1.54, 1.807) is 16.2 Å². The SMILES string of the molecule is CCN(C(=O)CSc1nc(-c2cccs2)nc2ccccc12)[C@@H]1CCS(=O)(=O)C1. The van der Waals surface area contributed by atoms with Crippen molar-refractivity contribution in [2.75, 3.05) is 23.8 Å². The van der Waals surface area contributed by atoms with Crippen LogP contribution in [0.2, 0.25) is 0 Å². The van der Waals surface area contributed by atoms with Crippen LogP contribution in [0.1, 0.15) is 13.3 Å². The van der Waals surface area contributed by atoms with Crippen molar-refractivity contribution in [3.63, 3.8) is 0 Å². The summed E-state index contributed by atoms with van der Waals surface area (Å²) < 4.78 is 23.6. The highest BCUT2D eigenvalue weighted by molar-refractivity contribution is 8.00. The number of para-hydroxylation sites is 1. The van der Waals surface area contributed by atoms with Gasteiger partial charge in [-0.25, -0.2) is 18.4 Å². The van der Waals surface area contributed by atoms with Crippen LogP contribution >= 0.6 is 23.1 Å². The summed E-state index contributed by atoms with van der Waals surface area (Å²) in [6.07, 6.45) is 0.519. The van der Waals surface area contributed by atoms with Crippen molar-refractivity contribution in [3.8, 4) is 10.7 Å². The molecule has 6 nitrogen and oxygen atoms in total. The third-order valence-electron chi connectivity index (χ3n) is 4.95. The smallest absolute Gasteiger partial charge is 0.233 e. The van der Waals surface area contributed by atoms with Gasteiger partial charge in [-0.3, -0.25) is 4.79 Å². The number of hydrogen-bond donors (Lipinski definition) is 0. The molecule has 1 aliphatic heterocycles. The molecule has 0 spiro atoms. The summed E-state index contributed by atoms with van der Waals surface area (Å²) in [4.78, 5) is 24.9. The number of thioether (sulfide) groups is 1. The van der Waals surface area contributed by atoms with E-state index in [4.69, 9.17) is 4.98 Å². The van der Waals surface area contributed by atoms with E-state index in [0.29, 0.717) is 18.8 Å². The zero-order valence-electron chi connectivity index (χ0n) is 15.9. The summed E-state index contributed by atoms with van der Waals surface area (Å²) >= 11 is 2.96. The summed E-state index contributed by atoms with van der Waals surface area (Å²) in [5.74, 6) is 1.05. The summed E-state index contributed by atoms with van der Waals surface area (Å²) in [7, 11) is -3.03. The second-order valence-electron chi connectivity index (χ2n) is 6.87. The fraction of sp³-hybridized carbons (Fsp3) is 0.350. The van der Waals surface area contributed by atoms with E-state index in [0.717, 1.165) is 20.8 Å². The van der Waals surface area contributed by atoms with E-state index in [9.17, 15) is 13.2 Å². The van der Waals surface area contributed by atoms with Crippen molar-refractivity contribution in [3.05, 3.63) is 41.8 Å². The van der Waals surface area contributed by atoms with Crippen molar-refractivity contribution >= 4 is 49.7 Å². The summed E-state index contributed by atoms with van der Waals surface area (Å²) in [6, 6.07) is 11.5. The van der Waals surface area contributed by atoms with E-state index in [1.807, 2.05) is 48.7 Å². The molecule has 0 radical (unpaired) electrons. The third-order valence-corrected chi connectivity index (χ3v) is 8.54. The minimum absolute atomic E-state index is 0.0556. The van der Waals surface area contributed by atoms with Crippen molar-refractivity contribution in [1.82, 2.24) is 14.9 Å². The first kappa shape index (κ1) is 20.3. The number of benzene rings is 1. The minimum atomic E-state index is -3.03. The number of nitrogens with zero attached hydrogens (tertiary/aromatic N) is 3. The zero-order valence-corrected chi connectivity index (χ0v) is 18.4.